The van der Waals surface area contributed by atoms with Crippen LogP contribution < -0.4 is 11.1 Å². The van der Waals surface area contributed by atoms with Gasteiger partial charge in [-0.2, -0.15) is 0 Å². The van der Waals surface area contributed by atoms with Crippen molar-refractivity contribution in [2.24, 2.45) is 5.73 Å². The summed E-state index contributed by atoms with van der Waals surface area (Å²) in [6.07, 6.45) is 1.72. The summed E-state index contributed by atoms with van der Waals surface area (Å²) >= 11 is 6.73. The highest BCUT2D eigenvalue weighted by Crippen LogP contribution is 2.27. The molecule has 0 bridgehead atoms. The predicted molar refractivity (Wildman–Crippen MR) is 83.8 cm³/mol. The maximum atomic E-state index is 5.70. The Balaban J connectivity index is 2.26. The van der Waals surface area contributed by atoms with Crippen molar-refractivity contribution in [3.63, 3.8) is 0 Å². The van der Waals surface area contributed by atoms with Gasteiger partial charge < -0.3 is 11.1 Å². The quantitative estimate of drug-likeness (QED) is 0.848. The molecule has 2 rings (SSSR count). The monoisotopic (exact) mass is 292 g/mol. The lowest BCUT2D eigenvalue weighted by Gasteiger charge is -2.15. The fraction of sp³-hybridized carbons (Fsp3) is 0.308. The SMILES string of the molecule is Cc1nc(C)c(C(C)Nc2ncccc2C(N)=S)s1. The zero-order chi connectivity index (χ0) is 14.0. The molecular formula is C13H16N4S2. The molecule has 0 aliphatic rings. The Bertz CT molecular complexity index is 606. The lowest BCUT2D eigenvalue weighted by atomic mass is 10.2. The zero-order valence-electron chi connectivity index (χ0n) is 11.1. The molecule has 0 aliphatic carbocycles. The first-order chi connectivity index (χ1) is 8.99. The zero-order valence-corrected chi connectivity index (χ0v) is 12.7. The van der Waals surface area contributed by atoms with Crippen molar-refractivity contribution in [2.75, 3.05) is 5.32 Å². The number of hydrogen-bond acceptors (Lipinski definition) is 5. The summed E-state index contributed by atoms with van der Waals surface area (Å²) in [5, 5.41) is 4.42. The molecule has 0 saturated carbocycles. The van der Waals surface area contributed by atoms with E-state index < -0.39 is 0 Å². The number of aromatic nitrogens is 2. The third kappa shape index (κ3) is 3.08. The highest BCUT2D eigenvalue weighted by Gasteiger charge is 2.15. The van der Waals surface area contributed by atoms with Crippen molar-refractivity contribution >= 4 is 34.4 Å². The van der Waals surface area contributed by atoms with E-state index in [4.69, 9.17) is 18.0 Å². The van der Waals surface area contributed by atoms with E-state index >= 15 is 0 Å². The molecule has 19 heavy (non-hydrogen) atoms. The molecule has 1 atom stereocenters. The number of hydrogen-bond donors (Lipinski definition) is 2. The van der Waals surface area contributed by atoms with Crippen LogP contribution in [0, 0.1) is 13.8 Å². The Kier molecular flexibility index (Phi) is 4.11. The van der Waals surface area contributed by atoms with E-state index in [1.165, 1.54) is 4.88 Å². The van der Waals surface area contributed by atoms with Gasteiger partial charge in [-0.05, 0) is 32.9 Å². The average molecular weight is 292 g/mol. The number of nitrogens with zero attached hydrogens (tertiary/aromatic N) is 2. The third-order valence-corrected chi connectivity index (χ3v) is 4.23. The Morgan fingerprint density at radius 3 is 2.79 bits per heavy atom. The highest BCUT2D eigenvalue weighted by atomic mass is 32.1. The van der Waals surface area contributed by atoms with Crippen LogP contribution in [0.3, 0.4) is 0 Å². The smallest absolute Gasteiger partial charge is 0.136 e. The van der Waals surface area contributed by atoms with Crippen molar-refractivity contribution < 1.29 is 0 Å². The van der Waals surface area contributed by atoms with Crippen LogP contribution >= 0.6 is 23.6 Å². The van der Waals surface area contributed by atoms with E-state index in [2.05, 4.69) is 22.2 Å². The predicted octanol–water partition coefficient (Wildman–Crippen LogP) is 2.96. The topological polar surface area (TPSA) is 63.8 Å². The van der Waals surface area contributed by atoms with Gasteiger partial charge in [-0.25, -0.2) is 9.97 Å². The van der Waals surface area contributed by atoms with Crippen molar-refractivity contribution in [3.05, 3.63) is 39.5 Å². The fourth-order valence-electron chi connectivity index (χ4n) is 1.94. The largest absolute Gasteiger partial charge is 0.389 e. The first kappa shape index (κ1) is 13.9. The summed E-state index contributed by atoms with van der Waals surface area (Å²) in [5.74, 6) is 0.716. The molecule has 3 N–H and O–H groups in total. The lowest BCUT2D eigenvalue weighted by molar-refractivity contribution is 0.879. The molecule has 0 spiro atoms. The van der Waals surface area contributed by atoms with Crippen LogP contribution in [-0.4, -0.2) is 15.0 Å². The van der Waals surface area contributed by atoms with Crippen molar-refractivity contribution in [3.8, 4) is 0 Å². The summed E-state index contributed by atoms with van der Waals surface area (Å²) in [5.41, 5.74) is 7.52. The van der Waals surface area contributed by atoms with Gasteiger partial charge in [0.15, 0.2) is 0 Å². The van der Waals surface area contributed by atoms with Gasteiger partial charge in [-0.15, -0.1) is 11.3 Å². The van der Waals surface area contributed by atoms with Crippen LogP contribution in [-0.2, 0) is 0 Å². The van der Waals surface area contributed by atoms with Gasteiger partial charge in [0.1, 0.15) is 10.8 Å². The Morgan fingerprint density at radius 2 is 2.21 bits per heavy atom. The summed E-state index contributed by atoms with van der Waals surface area (Å²) < 4.78 is 0. The first-order valence-corrected chi connectivity index (χ1v) is 7.16. The van der Waals surface area contributed by atoms with Crippen LogP contribution in [0.5, 0.6) is 0 Å². The van der Waals surface area contributed by atoms with Gasteiger partial charge in [-0.1, -0.05) is 12.2 Å². The van der Waals surface area contributed by atoms with Crippen LogP contribution in [0.25, 0.3) is 0 Å². The molecule has 0 radical (unpaired) electrons. The molecule has 4 nitrogen and oxygen atoms in total. The Morgan fingerprint density at radius 1 is 1.47 bits per heavy atom. The van der Waals surface area contributed by atoms with Gasteiger partial charge in [-0.3, -0.25) is 0 Å². The van der Waals surface area contributed by atoms with E-state index in [1.807, 2.05) is 26.0 Å². The lowest BCUT2D eigenvalue weighted by Crippen LogP contribution is -2.16. The molecule has 0 aromatic carbocycles. The second kappa shape index (κ2) is 5.63. The number of aryl methyl sites for hydroxylation is 2. The van der Waals surface area contributed by atoms with Crippen LogP contribution in [0.15, 0.2) is 18.3 Å². The van der Waals surface area contributed by atoms with E-state index in [1.54, 1.807) is 17.5 Å². The molecule has 2 heterocycles. The number of rotatable bonds is 4. The molecule has 0 saturated heterocycles. The summed E-state index contributed by atoms with van der Waals surface area (Å²) in [4.78, 5) is 10.3. The van der Waals surface area contributed by atoms with Gasteiger partial charge in [0, 0.05) is 11.1 Å². The Labute approximate surface area is 122 Å². The average Bonchev–Trinajstić information content (AvgIpc) is 2.69. The van der Waals surface area contributed by atoms with E-state index in [0.29, 0.717) is 10.8 Å². The van der Waals surface area contributed by atoms with Gasteiger partial charge in [0.25, 0.3) is 0 Å². The van der Waals surface area contributed by atoms with E-state index in [9.17, 15) is 0 Å². The fourth-order valence-corrected chi connectivity index (χ4v) is 3.03. The normalized spacial score (nSPS) is 12.2. The molecular weight excluding hydrogens is 276 g/mol. The molecule has 0 aliphatic heterocycles. The van der Waals surface area contributed by atoms with Crippen LogP contribution in [0.2, 0.25) is 0 Å². The molecule has 2 aromatic rings. The van der Waals surface area contributed by atoms with Crippen molar-refractivity contribution in [2.45, 2.75) is 26.8 Å². The number of pyridine rings is 1. The highest BCUT2D eigenvalue weighted by molar-refractivity contribution is 7.80. The maximum absolute atomic E-state index is 5.70. The van der Waals surface area contributed by atoms with Crippen molar-refractivity contribution in [1.82, 2.24) is 9.97 Å². The summed E-state index contributed by atoms with van der Waals surface area (Å²) in [7, 11) is 0. The summed E-state index contributed by atoms with van der Waals surface area (Å²) in [6, 6.07) is 3.82. The standard InChI is InChI=1S/C13H16N4S2/c1-7-11(19-9(3)16-7)8(2)17-13-10(12(14)18)5-4-6-15-13/h4-6,8H,1-3H3,(H2,14,18)(H,15,17). The van der Waals surface area contributed by atoms with E-state index in [-0.39, 0.29) is 6.04 Å². The minimum atomic E-state index is 0.120. The van der Waals surface area contributed by atoms with Gasteiger partial charge in [0.2, 0.25) is 0 Å². The molecule has 100 valence electrons. The number of thiazole rings is 1. The minimum absolute atomic E-state index is 0.120. The number of anilines is 1. The molecule has 0 amide bonds. The van der Waals surface area contributed by atoms with Crippen molar-refractivity contribution in [1.29, 1.82) is 0 Å². The molecule has 6 heteroatoms. The second-order valence-corrected chi connectivity index (χ2v) is 5.99. The minimum Gasteiger partial charge on any atom is -0.389 e. The molecule has 1 unspecified atom stereocenters. The second-order valence-electron chi connectivity index (χ2n) is 4.31. The van der Waals surface area contributed by atoms with E-state index in [0.717, 1.165) is 16.3 Å². The molecule has 0 fully saturated rings. The molecule has 2 aromatic heterocycles. The van der Waals surface area contributed by atoms with Crippen LogP contribution in [0.4, 0.5) is 5.82 Å². The van der Waals surface area contributed by atoms with Gasteiger partial charge in [0.05, 0.1) is 22.3 Å². The number of nitrogens with two attached hydrogens (primary N) is 1. The van der Waals surface area contributed by atoms with Crippen LogP contribution in [0.1, 0.15) is 34.1 Å². The summed E-state index contributed by atoms with van der Waals surface area (Å²) in [6.45, 7) is 6.11. The third-order valence-electron chi connectivity index (χ3n) is 2.76. The number of thiocarbonyl (C=S) groups is 1. The number of nitrogens with one attached hydrogen (secondary N) is 1. The van der Waals surface area contributed by atoms with Gasteiger partial charge >= 0.3 is 0 Å². The maximum Gasteiger partial charge on any atom is 0.136 e. The first-order valence-electron chi connectivity index (χ1n) is 5.94. The Hall–Kier alpha value is -1.53.